The average molecular weight is 223 g/mol. The Bertz CT molecular complexity index is 375. The van der Waals surface area contributed by atoms with Gasteiger partial charge in [-0.2, -0.15) is 0 Å². The Labute approximate surface area is 95.6 Å². The Morgan fingerprint density at radius 1 is 1.50 bits per heavy atom. The monoisotopic (exact) mass is 223 g/mol. The predicted octanol–water partition coefficient (Wildman–Crippen LogP) is 1.95. The zero-order valence-corrected chi connectivity index (χ0v) is 9.76. The lowest BCUT2D eigenvalue weighted by Gasteiger charge is -2.04. The molecule has 4 heteroatoms. The van der Waals surface area contributed by atoms with Gasteiger partial charge < -0.3 is 11.1 Å². The van der Waals surface area contributed by atoms with E-state index < -0.39 is 0 Å². The molecule has 0 bridgehead atoms. The third-order valence-electron chi connectivity index (χ3n) is 2.21. The second-order valence-corrected chi connectivity index (χ2v) is 3.71. The van der Waals surface area contributed by atoms with Crippen LogP contribution in [0.25, 0.3) is 0 Å². The third-order valence-corrected chi connectivity index (χ3v) is 2.21. The van der Waals surface area contributed by atoms with Gasteiger partial charge in [-0.1, -0.05) is 19.1 Å². The Kier molecular flexibility index (Phi) is 4.76. The molecular weight excluding hydrogens is 205 g/mol. The molecule has 88 valence electrons. The molecule has 0 radical (unpaired) electrons. The molecular formula is C12H18FN3. The van der Waals surface area contributed by atoms with Crippen molar-refractivity contribution < 1.29 is 4.39 Å². The number of halogens is 1. The summed E-state index contributed by atoms with van der Waals surface area (Å²) >= 11 is 0. The fourth-order valence-electron chi connectivity index (χ4n) is 1.29. The smallest absolute Gasteiger partial charge is 0.188 e. The maximum Gasteiger partial charge on any atom is 0.188 e. The molecule has 16 heavy (non-hydrogen) atoms. The summed E-state index contributed by atoms with van der Waals surface area (Å²) in [5.41, 5.74) is 7.23. The summed E-state index contributed by atoms with van der Waals surface area (Å²) < 4.78 is 13.0. The molecule has 1 rings (SSSR count). The lowest BCUT2D eigenvalue weighted by Crippen LogP contribution is -2.32. The van der Waals surface area contributed by atoms with Gasteiger partial charge in [-0.05, 0) is 30.5 Å². The van der Waals surface area contributed by atoms with Gasteiger partial charge in [-0.25, -0.2) is 9.38 Å². The van der Waals surface area contributed by atoms with Gasteiger partial charge in [0.2, 0.25) is 0 Å². The molecule has 3 nitrogen and oxygen atoms in total. The molecule has 1 aromatic carbocycles. The molecule has 0 unspecified atom stereocenters. The number of aryl methyl sites for hydroxylation is 1. The van der Waals surface area contributed by atoms with E-state index in [0.717, 1.165) is 18.5 Å². The zero-order chi connectivity index (χ0) is 12.0. The minimum absolute atomic E-state index is 0.190. The van der Waals surface area contributed by atoms with Crippen molar-refractivity contribution in [2.24, 2.45) is 10.7 Å². The maximum atomic E-state index is 13.0. The molecule has 0 amide bonds. The molecule has 0 aromatic heterocycles. The van der Waals surface area contributed by atoms with Crippen LogP contribution in [0.3, 0.4) is 0 Å². The number of hydrogen-bond donors (Lipinski definition) is 2. The van der Waals surface area contributed by atoms with E-state index in [-0.39, 0.29) is 5.82 Å². The fourth-order valence-corrected chi connectivity index (χ4v) is 1.29. The predicted molar refractivity (Wildman–Crippen MR) is 64.8 cm³/mol. The van der Waals surface area contributed by atoms with Gasteiger partial charge in [0.1, 0.15) is 5.82 Å². The van der Waals surface area contributed by atoms with Gasteiger partial charge >= 0.3 is 0 Å². The molecule has 0 atom stereocenters. The first-order valence-corrected chi connectivity index (χ1v) is 5.42. The van der Waals surface area contributed by atoms with Crippen molar-refractivity contribution in [3.05, 3.63) is 35.1 Å². The van der Waals surface area contributed by atoms with Crippen LogP contribution in [0.15, 0.2) is 23.2 Å². The molecule has 0 saturated heterocycles. The van der Waals surface area contributed by atoms with E-state index in [9.17, 15) is 4.39 Å². The van der Waals surface area contributed by atoms with Crippen molar-refractivity contribution in [3.8, 4) is 0 Å². The van der Waals surface area contributed by atoms with E-state index in [1.165, 1.54) is 6.07 Å². The van der Waals surface area contributed by atoms with Crippen molar-refractivity contribution in [2.45, 2.75) is 26.8 Å². The van der Waals surface area contributed by atoms with Crippen LogP contribution in [0.4, 0.5) is 4.39 Å². The van der Waals surface area contributed by atoms with Crippen molar-refractivity contribution in [1.82, 2.24) is 5.32 Å². The summed E-state index contributed by atoms with van der Waals surface area (Å²) in [5.74, 6) is 0.244. The van der Waals surface area contributed by atoms with Crippen molar-refractivity contribution in [2.75, 3.05) is 6.54 Å². The largest absolute Gasteiger partial charge is 0.370 e. The highest BCUT2D eigenvalue weighted by atomic mass is 19.1. The summed E-state index contributed by atoms with van der Waals surface area (Å²) in [5, 5.41) is 2.98. The van der Waals surface area contributed by atoms with Crippen LogP contribution < -0.4 is 11.1 Å². The Morgan fingerprint density at radius 2 is 2.25 bits per heavy atom. The number of nitrogens with two attached hydrogens (primary N) is 1. The lowest BCUT2D eigenvalue weighted by atomic mass is 10.1. The van der Waals surface area contributed by atoms with Crippen LogP contribution in [0.2, 0.25) is 0 Å². The van der Waals surface area contributed by atoms with Crippen molar-refractivity contribution in [1.29, 1.82) is 0 Å². The number of rotatable bonds is 4. The minimum atomic E-state index is -0.190. The molecule has 0 aliphatic carbocycles. The standard InChI is InChI=1S/C12H18FN3/c1-3-6-15-12(14)16-8-10-4-5-11(13)9(2)7-10/h4-5,7H,3,6,8H2,1-2H3,(H3,14,15,16). The van der Waals surface area contributed by atoms with Gasteiger partial charge in [-0.3, -0.25) is 0 Å². The van der Waals surface area contributed by atoms with Gasteiger partial charge in [0.25, 0.3) is 0 Å². The molecule has 0 heterocycles. The lowest BCUT2D eigenvalue weighted by molar-refractivity contribution is 0.617. The Hall–Kier alpha value is -1.58. The maximum absolute atomic E-state index is 13.0. The van der Waals surface area contributed by atoms with E-state index >= 15 is 0 Å². The van der Waals surface area contributed by atoms with Crippen LogP contribution in [0.5, 0.6) is 0 Å². The van der Waals surface area contributed by atoms with E-state index in [4.69, 9.17) is 5.73 Å². The molecule has 0 saturated carbocycles. The van der Waals surface area contributed by atoms with Crippen LogP contribution in [0.1, 0.15) is 24.5 Å². The summed E-state index contributed by atoms with van der Waals surface area (Å²) in [6, 6.07) is 4.96. The number of guanidine groups is 1. The fraction of sp³-hybridized carbons (Fsp3) is 0.417. The average Bonchev–Trinajstić information content (AvgIpc) is 2.28. The van der Waals surface area contributed by atoms with Crippen molar-refractivity contribution in [3.63, 3.8) is 0 Å². The van der Waals surface area contributed by atoms with E-state index in [2.05, 4.69) is 17.2 Å². The summed E-state index contributed by atoms with van der Waals surface area (Å²) in [6.45, 7) is 5.09. The van der Waals surface area contributed by atoms with Gasteiger partial charge in [0.15, 0.2) is 5.96 Å². The first-order valence-electron chi connectivity index (χ1n) is 5.42. The summed E-state index contributed by atoms with van der Waals surface area (Å²) in [7, 11) is 0. The van der Waals surface area contributed by atoms with Gasteiger partial charge in [-0.15, -0.1) is 0 Å². The van der Waals surface area contributed by atoms with Crippen LogP contribution in [-0.4, -0.2) is 12.5 Å². The third kappa shape index (κ3) is 3.88. The quantitative estimate of drug-likeness (QED) is 0.605. The first kappa shape index (κ1) is 12.5. The molecule has 0 aliphatic heterocycles. The second kappa shape index (κ2) is 6.10. The second-order valence-electron chi connectivity index (χ2n) is 3.71. The topological polar surface area (TPSA) is 50.4 Å². The summed E-state index contributed by atoms with van der Waals surface area (Å²) in [6.07, 6.45) is 1.01. The minimum Gasteiger partial charge on any atom is -0.370 e. The van der Waals surface area contributed by atoms with Gasteiger partial charge in [0.05, 0.1) is 6.54 Å². The molecule has 0 fully saturated rings. The highest BCUT2D eigenvalue weighted by Crippen LogP contribution is 2.09. The first-order chi connectivity index (χ1) is 7.63. The highest BCUT2D eigenvalue weighted by molar-refractivity contribution is 5.77. The van der Waals surface area contributed by atoms with Crippen LogP contribution >= 0.6 is 0 Å². The van der Waals surface area contributed by atoms with Crippen LogP contribution in [0, 0.1) is 12.7 Å². The number of hydrogen-bond acceptors (Lipinski definition) is 1. The molecule has 0 aliphatic rings. The normalized spacial score (nSPS) is 11.6. The van der Waals surface area contributed by atoms with E-state index in [0.29, 0.717) is 18.1 Å². The van der Waals surface area contributed by atoms with Gasteiger partial charge in [0, 0.05) is 6.54 Å². The number of nitrogens with one attached hydrogen (secondary N) is 1. The number of benzene rings is 1. The molecule has 3 N–H and O–H groups in total. The Balaban J connectivity index is 2.56. The van der Waals surface area contributed by atoms with E-state index in [1.807, 2.05) is 0 Å². The van der Waals surface area contributed by atoms with E-state index in [1.54, 1.807) is 19.1 Å². The zero-order valence-electron chi connectivity index (χ0n) is 9.76. The Morgan fingerprint density at radius 3 is 2.88 bits per heavy atom. The molecule has 0 spiro atoms. The summed E-state index contributed by atoms with van der Waals surface area (Å²) in [4.78, 5) is 4.16. The van der Waals surface area contributed by atoms with Crippen molar-refractivity contribution >= 4 is 5.96 Å². The van der Waals surface area contributed by atoms with Crippen LogP contribution in [-0.2, 0) is 6.54 Å². The number of nitrogens with zero attached hydrogens (tertiary/aromatic N) is 1. The number of aliphatic imine (C=N–C) groups is 1. The molecule has 1 aromatic rings. The highest BCUT2D eigenvalue weighted by Gasteiger charge is 1.98. The SMILES string of the molecule is CCCNC(N)=NCc1ccc(F)c(C)c1.